The Bertz CT molecular complexity index is 357. The maximum Gasteiger partial charge on any atom is 0.119 e. The van der Waals surface area contributed by atoms with Crippen LogP contribution in [-0.2, 0) is 6.42 Å². The fourth-order valence-electron chi connectivity index (χ4n) is 2.43. The second-order valence-electron chi connectivity index (χ2n) is 4.89. The van der Waals surface area contributed by atoms with E-state index in [4.69, 9.17) is 4.74 Å². The number of methoxy groups -OCH3 is 1. The zero-order valence-electron chi connectivity index (χ0n) is 10.4. The molecule has 1 aromatic carbocycles. The molecule has 1 aliphatic heterocycles. The average Bonchev–Trinajstić information content (AvgIpc) is 2.54. The number of hydrogen-bond donors (Lipinski definition) is 2. The molecule has 0 radical (unpaired) electrons. The molecule has 0 saturated carbocycles. The number of nitrogens with one attached hydrogen (secondary N) is 1. The normalized spacial score (nSPS) is 25.3. The van der Waals surface area contributed by atoms with Gasteiger partial charge in [-0.15, -0.1) is 0 Å². The zero-order chi connectivity index (χ0) is 12.1. The van der Waals surface area contributed by atoms with Crippen LogP contribution in [0.15, 0.2) is 24.3 Å². The molecule has 3 nitrogen and oxygen atoms in total. The molecule has 94 valence electrons. The van der Waals surface area contributed by atoms with Crippen molar-refractivity contribution >= 4 is 0 Å². The second-order valence-corrected chi connectivity index (χ2v) is 4.89. The Morgan fingerprint density at radius 3 is 3.12 bits per heavy atom. The first-order valence-electron chi connectivity index (χ1n) is 6.28. The first-order chi connectivity index (χ1) is 8.22. The van der Waals surface area contributed by atoms with Crippen LogP contribution in [0, 0.1) is 0 Å². The average molecular weight is 235 g/mol. The van der Waals surface area contributed by atoms with Crippen LogP contribution < -0.4 is 10.1 Å². The lowest BCUT2D eigenvalue weighted by molar-refractivity contribution is 0.0367. The van der Waals surface area contributed by atoms with Crippen molar-refractivity contribution in [2.75, 3.05) is 20.2 Å². The van der Waals surface area contributed by atoms with E-state index < -0.39 is 5.60 Å². The van der Waals surface area contributed by atoms with Crippen LogP contribution in [0.1, 0.15) is 24.8 Å². The minimum absolute atomic E-state index is 0.608. The smallest absolute Gasteiger partial charge is 0.119 e. The van der Waals surface area contributed by atoms with Gasteiger partial charge in [0.25, 0.3) is 0 Å². The molecule has 0 aromatic heterocycles. The van der Waals surface area contributed by atoms with Gasteiger partial charge in [0.1, 0.15) is 5.75 Å². The molecule has 0 aliphatic carbocycles. The monoisotopic (exact) mass is 235 g/mol. The molecule has 0 amide bonds. The molecule has 2 rings (SSSR count). The summed E-state index contributed by atoms with van der Waals surface area (Å²) < 4.78 is 5.20. The highest BCUT2D eigenvalue weighted by molar-refractivity contribution is 5.29. The summed E-state index contributed by atoms with van der Waals surface area (Å²) in [6.45, 7) is 1.70. The van der Waals surface area contributed by atoms with E-state index >= 15 is 0 Å². The van der Waals surface area contributed by atoms with Crippen LogP contribution >= 0.6 is 0 Å². The van der Waals surface area contributed by atoms with Gasteiger partial charge in [0.15, 0.2) is 0 Å². The maximum absolute atomic E-state index is 10.6. The van der Waals surface area contributed by atoms with E-state index in [1.165, 1.54) is 0 Å². The Kier molecular flexibility index (Phi) is 4.02. The number of aliphatic hydroxyl groups is 1. The molecule has 3 heteroatoms. The third-order valence-corrected chi connectivity index (χ3v) is 3.37. The lowest BCUT2D eigenvalue weighted by atomic mass is 9.90. The Morgan fingerprint density at radius 1 is 1.41 bits per heavy atom. The highest BCUT2D eigenvalue weighted by Gasteiger charge is 2.28. The molecule has 2 N–H and O–H groups in total. The fraction of sp³-hybridized carbons (Fsp3) is 0.571. The van der Waals surface area contributed by atoms with E-state index in [1.54, 1.807) is 7.11 Å². The van der Waals surface area contributed by atoms with Gasteiger partial charge in [0.2, 0.25) is 0 Å². The Labute approximate surface area is 103 Å². The highest BCUT2D eigenvalue weighted by atomic mass is 16.5. The topological polar surface area (TPSA) is 41.5 Å². The number of rotatable bonds is 3. The second kappa shape index (κ2) is 5.52. The summed E-state index contributed by atoms with van der Waals surface area (Å²) in [5.74, 6) is 0.854. The van der Waals surface area contributed by atoms with Crippen LogP contribution in [0.4, 0.5) is 0 Å². The largest absolute Gasteiger partial charge is 0.497 e. The van der Waals surface area contributed by atoms with Crippen molar-refractivity contribution in [1.29, 1.82) is 0 Å². The summed E-state index contributed by atoms with van der Waals surface area (Å²) in [6.07, 6.45) is 3.81. The zero-order valence-corrected chi connectivity index (χ0v) is 10.4. The van der Waals surface area contributed by atoms with Gasteiger partial charge in [-0.2, -0.15) is 0 Å². The molecule has 1 fully saturated rings. The first kappa shape index (κ1) is 12.4. The number of hydrogen-bond acceptors (Lipinski definition) is 3. The molecular formula is C14H21NO2. The Balaban J connectivity index is 2.07. The van der Waals surface area contributed by atoms with E-state index in [0.717, 1.165) is 37.1 Å². The summed E-state index contributed by atoms with van der Waals surface area (Å²) in [6, 6.07) is 7.95. The van der Waals surface area contributed by atoms with Gasteiger partial charge >= 0.3 is 0 Å². The lowest BCUT2D eigenvalue weighted by Gasteiger charge is -2.26. The number of β-amino-alcohol motifs (C(OH)–C–C–N with tert-alkyl or cyclic N) is 1. The van der Waals surface area contributed by atoms with Gasteiger partial charge in [0.05, 0.1) is 12.7 Å². The molecule has 1 saturated heterocycles. The van der Waals surface area contributed by atoms with Crippen LogP contribution in [0.5, 0.6) is 5.75 Å². The van der Waals surface area contributed by atoms with E-state index in [2.05, 4.69) is 5.32 Å². The van der Waals surface area contributed by atoms with Gasteiger partial charge in [-0.05, 0) is 43.5 Å². The minimum atomic E-state index is -0.608. The fourth-order valence-corrected chi connectivity index (χ4v) is 2.43. The Morgan fingerprint density at radius 2 is 2.29 bits per heavy atom. The van der Waals surface area contributed by atoms with Crippen molar-refractivity contribution in [1.82, 2.24) is 5.32 Å². The third kappa shape index (κ3) is 3.45. The van der Waals surface area contributed by atoms with Gasteiger partial charge in [-0.1, -0.05) is 12.1 Å². The molecular weight excluding hydrogens is 214 g/mol. The van der Waals surface area contributed by atoms with E-state index in [9.17, 15) is 5.11 Å². The molecule has 17 heavy (non-hydrogen) atoms. The predicted molar refractivity (Wildman–Crippen MR) is 68.4 cm³/mol. The number of ether oxygens (including phenoxy) is 1. The van der Waals surface area contributed by atoms with Crippen LogP contribution in [0.25, 0.3) is 0 Å². The van der Waals surface area contributed by atoms with Gasteiger partial charge in [0, 0.05) is 13.0 Å². The molecule has 1 unspecified atom stereocenters. The third-order valence-electron chi connectivity index (χ3n) is 3.37. The first-order valence-corrected chi connectivity index (χ1v) is 6.28. The summed E-state index contributed by atoms with van der Waals surface area (Å²) in [5, 5.41) is 13.9. The van der Waals surface area contributed by atoms with E-state index in [-0.39, 0.29) is 0 Å². The molecule has 0 bridgehead atoms. The molecule has 1 aliphatic rings. The van der Waals surface area contributed by atoms with Crippen LogP contribution in [0.3, 0.4) is 0 Å². The van der Waals surface area contributed by atoms with Gasteiger partial charge in [-0.25, -0.2) is 0 Å². The van der Waals surface area contributed by atoms with Crippen LogP contribution in [0.2, 0.25) is 0 Å². The SMILES string of the molecule is COc1cccc(CC2(O)CCCCNC2)c1. The Hall–Kier alpha value is -1.06. The lowest BCUT2D eigenvalue weighted by Crippen LogP contribution is -2.40. The molecule has 0 spiro atoms. The van der Waals surface area contributed by atoms with Crippen molar-refractivity contribution in [3.63, 3.8) is 0 Å². The summed E-state index contributed by atoms with van der Waals surface area (Å²) in [7, 11) is 1.67. The molecule has 1 atom stereocenters. The molecule has 1 aromatic rings. The quantitative estimate of drug-likeness (QED) is 0.838. The number of benzene rings is 1. The summed E-state index contributed by atoms with van der Waals surface area (Å²) in [4.78, 5) is 0. The van der Waals surface area contributed by atoms with E-state index in [0.29, 0.717) is 13.0 Å². The van der Waals surface area contributed by atoms with Crippen molar-refractivity contribution in [3.05, 3.63) is 29.8 Å². The highest BCUT2D eigenvalue weighted by Crippen LogP contribution is 2.23. The minimum Gasteiger partial charge on any atom is -0.497 e. The molecule has 1 heterocycles. The van der Waals surface area contributed by atoms with Crippen LogP contribution in [-0.4, -0.2) is 30.9 Å². The van der Waals surface area contributed by atoms with Crippen molar-refractivity contribution in [2.24, 2.45) is 0 Å². The summed E-state index contributed by atoms with van der Waals surface area (Å²) >= 11 is 0. The van der Waals surface area contributed by atoms with E-state index in [1.807, 2.05) is 24.3 Å². The van der Waals surface area contributed by atoms with Crippen molar-refractivity contribution in [2.45, 2.75) is 31.3 Å². The predicted octanol–water partition coefficient (Wildman–Crippen LogP) is 1.74. The van der Waals surface area contributed by atoms with Crippen molar-refractivity contribution < 1.29 is 9.84 Å². The summed E-state index contributed by atoms with van der Waals surface area (Å²) in [5.41, 5.74) is 0.526. The standard InChI is InChI=1S/C14H21NO2/c1-17-13-6-4-5-12(9-13)10-14(16)7-2-3-8-15-11-14/h4-6,9,15-16H,2-3,7-8,10-11H2,1H3. The van der Waals surface area contributed by atoms with Gasteiger partial charge < -0.3 is 15.2 Å². The van der Waals surface area contributed by atoms with Crippen molar-refractivity contribution in [3.8, 4) is 5.75 Å². The maximum atomic E-state index is 10.6. The van der Waals surface area contributed by atoms with Gasteiger partial charge in [-0.3, -0.25) is 0 Å².